The third kappa shape index (κ3) is 16.0. The number of benzene rings is 20. The van der Waals surface area contributed by atoms with Crippen LogP contribution >= 0.6 is 47.0 Å². The summed E-state index contributed by atoms with van der Waals surface area (Å²) in [6.07, 6.45) is 0. The van der Waals surface area contributed by atoms with E-state index in [1.165, 1.54) is 126 Å². The lowest BCUT2D eigenvalue weighted by atomic mass is 9.70. The molecule has 724 valence electrons. The molecule has 0 saturated heterocycles. The second kappa shape index (κ2) is 38.3. The Morgan fingerprint density at radius 2 is 0.356 bits per heavy atom. The fraction of sp³-hybridized carbons (Fsp3) is 0.0977. The molecule has 0 radical (unpaired) electrons. The maximum absolute atomic E-state index is 6.08. The molecule has 4 heterocycles. The number of hydrogen-bond donors (Lipinski definition) is 0. The predicted molar refractivity (Wildman–Crippen MR) is 625 cm³/mol. The van der Waals surface area contributed by atoms with Crippen LogP contribution in [0.1, 0.15) is 49.9 Å². The van der Waals surface area contributed by atoms with Crippen LogP contribution in [0, 0.1) is 0 Å². The molecular weight excluding hydrogens is 1900 g/mol. The highest BCUT2D eigenvalue weighted by Crippen LogP contribution is 2.67. The summed E-state index contributed by atoms with van der Waals surface area (Å²) >= 11 is 7.18. The second-order valence-electron chi connectivity index (χ2n) is 38.0. The van der Waals surface area contributed by atoms with Crippen LogP contribution in [0.3, 0.4) is 0 Å². The number of aromatic nitrogens is 4. The summed E-state index contributed by atoms with van der Waals surface area (Å²) in [6.45, 7) is 12.2. The monoisotopic (exact) mass is 2000 g/mol. The fourth-order valence-corrected chi connectivity index (χ4v) is 26.9. The van der Waals surface area contributed by atoms with Crippen LogP contribution in [0.2, 0.25) is 0 Å². The average molecular weight is 2010 g/mol. The number of anilines is 12. The molecule has 12 nitrogen and oxygen atoms in total. The van der Waals surface area contributed by atoms with E-state index in [0.717, 1.165) is 162 Å². The minimum atomic E-state index is -1.16. The number of aryl methyl sites for hydroxylation is 4. The Morgan fingerprint density at radius 1 is 0.181 bits per heavy atom. The lowest BCUT2D eigenvalue weighted by Crippen LogP contribution is -2.27. The van der Waals surface area contributed by atoms with Gasteiger partial charge in [0.2, 0.25) is 0 Å². The summed E-state index contributed by atoms with van der Waals surface area (Å²) in [5.41, 5.74) is 29.0. The topological polar surface area (TPSA) is 69.6 Å². The summed E-state index contributed by atoms with van der Waals surface area (Å²) in [5, 5.41) is 9.44. The Morgan fingerprint density at radius 3 is 0.550 bits per heavy atom. The Balaban J connectivity index is 0.756. The lowest BCUT2D eigenvalue weighted by Gasteiger charge is -2.35. The molecule has 20 aromatic carbocycles. The van der Waals surface area contributed by atoms with Crippen molar-refractivity contribution in [2.45, 2.75) is 98.5 Å². The fourth-order valence-electron chi connectivity index (χ4n) is 23.4. The van der Waals surface area contributed by atoms with Crippen molar-refractivity contribution >= 4 is 203 Å². The highest BCUT2D eigenvalue weighted by atomic mass is 32.2. The van der Waals surface area contributed by atoms with Crippen molar-refractivity contribution in [3.63, 3.8) is 0 Å². The summed E-state index contributed by atoms with van der Waals surface area (Å²) in [4.78, 5) is 19.4. The number of nitrogens with zero attached hydrogens (tertiary/aromatic N) is 8. The third-order valence-corrected chi connectivity index (χ3v) is 34.0. The van der Waals surface area contributed by atoms with E-state index in [9.17, 15) is 0 Å². The van der Waals surface area contributed by atoms with E-state index >= 15 is 0 Å². The Bertz CT molecular complexity index is 8260. The molecule has 0 atom stereocenters. The van der Waals surface area contributed by atoms with Crippen molar-refractivity contribution in [2.24, 2.45) is 0 Å². The maximum atomic E-state index is 6.08. The molecule has 2 aliphatic rings. The Labute approximate surface area is 883 Å². The normalized spacial score (nSPS) is 12.3. The molecule has 0 saturated carbocycles. The van der Waals surface area contributed by atoms with E-state index in [-0.39, 0.29) is 0 Å². The van der Waals surface area contributed by atoms with Crippen LogP contribution in [-0.2, 0) is 31.6 Å². The van der Waals surface area contributed by atoms with Gasteiger partial charge < -0.3 is 56.8 Å². The summed E-state index contributed by atoms with van der Waals surface area (Å²) in [6, 6.07) is 163. The first kappa shape index (κ1) is 92.3. The summed E-state index contributed by atoms with van der Waals surface area (Å²) < 4.78 is 34.2. The van der Waals surface area contributed by atoms with Crippen molar-refractivity contribution in [1.82, 2.24) is 18.3 Å². The first-order valence-corrected chi connectivity index (χ1v) is 54.2. The first-order chi connectivity index (χ1) is 73.4. The van der Waals surface area contributed by atoms with Gasteiger partial charge in [-0.2, -0.15) is 0 Å². The van der Waals surface area contributed by atoms with E-state index in [0.29, 0.717) is 0 Å². The first-order valence-electron chi connectivity index (χ1n) is 50.9. The molecule has 2 aliphatic carbocycles. The van der Waals surface area contributed by atoms with Crippen LogP contribution in [-0.4, -0.2) is 46.7 Å². The van der Waals surface area contributed by atoms with E-state index < -0.39 is 5.41 Å². The smallest absolute Gasteiger partial charge is 0.119 e. The molecule has 4 aromatic heterocycles. The molecule has 16 heteroatoms. The van der Waals surface area contributed by atoms with E-state index in [1.807, 2.05) is 0 Å². The molecule has 0 N–H and O–H groups in total. The predicted octanol–water partition coefficient (Wildman–Crippen LogP) is 37.1. The van der Waals surface area contributed by atoms with E-state index in [1.54, 1.807) is 75.5 Å². The van der Waals surface area contributed by atoms with Gasteiger partial charge in [0.15, 0.2) is 0 Å². The van der Waals surface area contributed by atoms with Gasteiger partial charge in [0.1, 0.15) is 23.0 Å². The number of rotatable bonds is 28. The second-order valence-corrected chi connectivity index (χ2v) is 42.6. The van der Waals surface area contributed by atoms with Gasteiger partial charge in [0.25, 0.3) is 0 Å². The van der Waals surface area contributed by atoms with Crippen molar-refractivity contribution in [3.05, 3.63) is 459 Å². The van der Waals surface area contributed by atoms with Crippen molar-refractivity contribution < 1.29 is 18.9 Å². The number of fused-ring (bicyclic) bond motifs is 22. The summed E-state index contributed by atoms with van der Waals surface area (Å²) in [5.74, 6) is 3.05. The minimum absolute atomic E-state index is 0.763. The molecule has 0 amide bonds. The zero-order chi connectivity index (χ0) is 100. The molecular formula is C133H104N8O4S4. The van der Waals surface area contributed by atoms with Crippen LogP contribution in [0.15, 0.2) is 476 Å². The van der Waals surface area contributed by atoms with Gasteiger partial charge in [-0.15, -0.1) is 0 Å². The third-order valence-electron chi connectivity index (χ3n) is 30.1. The maximum Gasteiger partial charge on any atom is 0.119 e. The van der Waals surface area contributed by atoms with Crippen LogP contribution in [0.5, 0.6) is 23.0 Å². The van der Waals surface area contributed by atoms with Gasteiger partial charge in [-0.25, -0.2) is 0 Å². The van der Waals surface area contributed by atoms with Gasteiger partial charge >= 0.3 is 0 Å². The highest BCUT2D eigenvalue weighted by molar-refractivity contribution is 8.00. The molecule has 26 rings (SSSR count). The zero-order valence-corrected chi connectivity index (χ0v) is 87.0. The molecule has 0 aliphatic heterocycles. The van der Waals surface area contributed by atoms with Crippen molar-refractivity contribution in [1.29, 1.82) is 0 Å². The molecule has 0 unspecified atom stereocenters. The van der Waals surface area contributed by atoms with Crippen LogP contribution in [0.25, 0.3) is 109 Å². The van der Waals surface area contributed by atoms with Gasteiger partial charge in [0.05, 0.1) is 33.9 Å². The largest absolute Gasteiger partial charge is 0.497 e. The molecule has 24 aromatic rings. The van der Waals surface area contributed by atoms with Gasteiger partial charge in [-0.1, -0.05) is 144 Å². The van der Waals surface area contributed by atoms with Gasteiger partial charge in [-0.05, 0) is 412 Å². The van der Waals surface area contributed by atoms with Gasteiger partial charge in [-0.3, -0.25) is 0 Å². The number of methoxy groups -OCH3 is 4. The quantitative estimate of drug-likeness (QED) is 0.0469. The average Bonchev–Trinajstić information content (AvgIpc) is 1.50. The van der Waals surface area contributed by atoms with Crippen LogP contribution < -0.4 is 38.5 Å². The Hall–Kier alpha value is -16.6. The van der Waals surface area contributed by atoms with Crippen LogP contribution in [0.4, 0.5) is 68.2 Å². The van der Waals surface area contributed by atoms with Crippen molar-refractivity contribution in [2.75, 3.05) is 48.0 Å². The number of hydrogen-bond acceptors (Lipinski definition) is 12. The summed E-state index contributed by atoms with van der Waals surface area (Å²) in [7, 11) is 7.00. The zero-order valence-electron chi connectivity index (χ0n) is 83.7. The highest BCUT2D eigenvalue weighted by Gasteiger charge is 2.53. The van der Waals surface area contributed by atoms with E-state index in [2.05, 4.69) is 502 Å². The molecule has 1 spiro atoms. The number of ether oxygens (including phenoxy) is 4. The van der Waals surface area contributed by atoms with Crippen molar-refractivity contribution in [3.8, 4) is 45.3 Å². The molecule has 149 heavy (non-hydrogen) atoms. The van der Waals surface area contributed by atoms with Gasteiger partial charge in [0, 0.05) is 221 Å². The molecule has 0 bridgehead atoms. The lowest BCUT2D eigenvalue weighted by molar-refractivity contribution is 0.414. The Kier molecular flexibility index (Phi) is 23.7. The molecule has 0 fully saturated rings. The van der Waals surface area contributed by atoms with E-state index in [4.69, 9.17) is 18.9 Å². The standard InChI is InChI=1S/C133H104N8O4S4/c1-9-134-125-65-45-89(73-113(125)117-81-105(57-69-129(117)134)146-101-25-17-13-18-26-101)138(85-33-49-97(142-5)50-34-85)93-41-61-109-110-62-42-94(139(86-35-51-98(143-6)52-36-86)90-46-66-126-114(74-90)118-82-106(58-70-130(118)135(126)10-2)147-102-27-19-14-20-28-102)78-122(110)133(121(109)77-93)123-79-95(140(87-37-53-99(144-7)54-38-87)91-47-67-127-115(75-91)119-83-107(59-71-131(119)136(127)11-3)148-103-29-21-15-22-30-103)43-63-111(123)112-64-44-96(80-124(112)133)141(88-39-55-100(145-8)56-40-88)92-48-68-128-116(76-92)120-84-108(60-72-132(120)137(128)12-4)149-104-31-23-16-24-32-104/h13-84H,9-12H2,1-8H3. The minimum Gasteiger partial charge on any atom is -0.497 e. The SMILES string of the molecule is CCn1c2ccc(Sc3ccccc3)cc2c2cc(N(c3ccc(OC)cc3)c3ccc4c(c3)C3(c5cc(N(c6ccc(OC)cc6)c6ccc7c(c6)c6cc(Sc8ccccc8)ccc6n7CC)ccc5-4)c4cc(N(c5ccc(OC)cc5)c5ccc6c(c5)c5cc(Sc7ccccc7)ccc5n6CC)ccc4-c4ccc(N(c5ccc(OC)cc5)c5ccc6c(c5)c5cc(Sc7ccccc7)ccc5n6CC)cc43)ccc21.